The lowest BCUT2D eigenvalue weighted by Gasteiger charge is -2.08. The van der Waals surface area contributed by atoms with Crippen LogP contribution in [0, 0.1) is 0 Å². The third-order valence-electron chi connectivity index (χ3n) is 2.76. The molecule has 6 nitrogen and oxygen atoms in total. The van der Waals surface area contributed by atoms with Crippen molar-refractivity contribution in [1.29, 1.82) is 0 Å². The van der Waals surface area contributed by atoms with Crippen molar-refractivity contribution in [3.63, 3.8) is 0 Å². The van der Waals surface area contributed by atoms with E-state index in [4.69, 9.17) is 0 Å². The van der Waals surface area contributed by atoms with E-state index < -0.39 is 20.0 Å². The molecular weight excluding hydrogens is 300 g/mol. The van der Waals surface area contributed by atoms with Crippen molar-refractivity contribution in [2.75, 3.05) is 18.8 Å². The van der Waals surface area contributed by atoms with Crippen molar-refractivity contribution in [3.8, 4) is 0 Å². The van der Waals surface area contributed by atoms with E-state index in [0.29, 0.717) is 0 Å². The molecule has 0 aliphatic rings. The van der Waals surface area contributed by atoms with Gasteiger partial charge in [-0.1, -0.05) is 19.1 Å². The van der Waals surface area contributed by atoms with Gasteiger partial charge in [-0.15, -0.1) is 0 Å². The SMILES string of the molecule is CCc1ccc(S(=O)(=O)NCCNS(=O)(=O)CC)cc1. The maximum Gasteiger partial charge on any atom is 0.240 e. The summed E-state index contributed by atoms with van der Waals surface area (Å²) in [6.45, 7) is 3.54. The van der Waals surface area contributed by atoms with Crippen molar-refractivity contribution in [1.82, 2.24) is 9.44 Å². The van der Waals surface area contributed by atoms with Gasteiger partial charge in [0.25, 0.3) is 0 Å². The first-order chi connectivity index (χ1) is 9.30. The number of rotatable bonds is 8. The highest BCUT2D eigenvalue weighted by Gasteiger charge is 2.13. The highest BCUT2D eigenvalue weighted by atomic mass is 32.2. The third-order valence-corrected chi connectivity index (χ3v) is 5.64. The zero-order valence-corrected chi connectivity index (χ0v) is 13.2. The first-order valence-electron chi connectivity index (χ1n) is 6.36. The normalized spacial score (nSPS) is 12.5. The van der Waals surface area contributed by atoms with Crippen molar-refractivity contribution >= 4 is 20.0 Å². The van der Waals surface area contributed by atoms with Gasteiger partial charge in [-0.25, -0.2) is 26.3 Å². The molecule has 0 radical (unpaired) electrons. The van der Waals surface area contributed by atoms with Crippen LogP contribution in [0.1, 0.15) is 19.4 Å². The first kappa shape index (κ1) is 17.1. The smallest absolute Gasteiger partial charge is 0.214 e. The molecule has 8 heteroatoms. The van der Waals surface area contributed by atoms with E-state index in [1.165, 1.54) is 19.1 Å². The van der Waals surface area contributed by atoms with Gasteiger partial charge < -0.3 is 0 Å². The summed E-state index contributed by atoms with van der Waals surface area (Å²) in [7, 11) is -6.89. The molecule has 0 saturated carbocycles. The predicted molar refractivity (Wildman–Crippen MR) is 78.5 cm³/mol. The summed E-state index contributed by atoms with van der Waals surface area (Å²) in [5.74, 6) is -0.0295. The Bertz CT molecular complexity index is 622. The molecule has 2 N–H and O–H groups in total. The number of aryl methyl sites for hydroxylation is 1. The fraction of sp³-hybridized carbons (Fsp3) is 0.500. The number of nitrogens with one attached hydrogen (secondary N) is 2. The molecule has 114 valence electrons. The molecule has 0 aliphatic carbocycles. The Morgan fingerprint density at radius 1 is 0.900 bits per heavy atom. The van der Waals surface area contributed by atoms with Crippen molar-refractivity contribution in [3.05, 3.63) is 29.8 Å². The number of hydrogen-bond donors (Lipinski definition) is 2. The van der Waals surface area contributed by atoms with E-state index >= 15 is 0 Å². The summed E-state index contributed by atoms with van der Waals surface area (Å²) < 4.78 is 50.9. The fourth-order valence-electron chi connectivity index (χ4n) is 1.48. The summed E-state index contributed by atoms with van der Waals surface area (Å²) in [5.41, 5.74) is 1.06. The number of benzene rings is 1. The van der Waals surface area contributed by atoms with Gasteiger partial charge in [0.15, 0.2) is 0 Å². The van der Waals surface area contributed by atoms with Gasteiger partial charge in [-0.3, -0.25) is 0 Å². The molecule has 0 saturated heterocycles. The van der Waals surface area contributed by atoms with Gasteiger partial charge in [0.05, 0.1) is 10.6 Å². The van der Waals surface area contributed by atoms with E-state index in [2.05, 4.69) is 9.44 Å². The average molecular weight is 320 g/mol. The van der Waals surface area contributed by atoms with Crippen LogP contribution in [-0.2, 0) is 26.5 Å². The molecule has 0 aliphatic heterocycles. The molecule has 0 spiro atoms. The van der Waals surface area contributed by atoms with Crippen LogP contribution in [0.5, 0.6) is 0 Å². The highest BCUT2D eigenvalue weighted by Crippen LogP contribution is 2.10. The second kappa shape index (κ2) is 7.16. The lowest BCUT2D eigenvalue weighted by atomic mass is 10.2. The third kappa shape index (κ3) is 5.20. The summed E-state index contributed by atoms with van der Waals surface area (Å²) in [6.07, 6.45) is 0.840. The molecular formula is C12H20N2O4S2. The minimum atomic E-state index is -3.59. The van der Waals surface area contributed by atoms with Crippen molar-refractivity contribution in [2.24, 2.45) is 0 Å². The fourth-order valence-corrected chi connectivity index (χ4v) is 3.13. The van der Waals surface area contributed by atoms with Gasteiger partial charge in [0.2, 0.25) is 20.0 Å². The van der Waals surface area contributed by atoms with Crippen LogP contribution in [0.15, 0.2) is 29.2 Å². The van der Waals surface area contributed by atoms with Crippen LogP contribution in [0.2, 0.25) is 0 Å². The summed E-state index contributed by atoms with van der Waals surface area (Å²) in [6, 6.07) is 6.59. The second-order valence-electron chi connectivity index (χ2n) is 4.19. The maximum absolute atomic E-state index is 11.9. The van der Waals surface area contributed by atoms with Gasteiger partial charge in [-0.05, 0) is 31.0 Å². The van der Waals surface area contributed by atoms with Crippen LogP contribution in [0.4, 0.5) is 0 Å². The lowest BCUT2D eigenvalue weighted by Crippen LogP contribution is -2.35. The minimum Gasteiger partial charge on any atom is -0.214 e. The Hall–Kier alpha value is -0.960. The molecule has 1 aromatic carbocycles. The van der Waals surface area contributed by atoms with Gasteiger partial charge in [0, 0.05) is 13.1 Å². The first-order valence-corrected chi connectivity index (χ1v) is 9.50. The Kier molecular flexibility index (Phi) is 6.12. The molecule has 0 amide bonds. The number of sulfonamides is 2. The Morgan fingerprint density at radius 2 is 1.45 bits per heavy atom. The van der Waals surface area contributed by atoms with E-state index in [1.54, 1.807) is 12.1 Å². The Labute approximate surface area is 120 Å². The summed E-state index contributed by atoms with van der Waals surface area (Å²) in [4.78, 5) is 0.174. The molecule has 0 bridgehead atoms. The monoisotopic (exact) mass is 320 g/mol. The van der Waals surface area contributed by atoms with Crippen LogP contribution >= 0.6 is 0 Å². The molecule has 20 heavy (non-hydrogen) atoms. The largest absolute Gasteiger partial charge is 0.240 e. The summed E-state index contributed by atoms with van der Waals surface area (Å²) >= 11 is 0. The van der Waals surface area contributed by atoms with E-state index in [1.807, 2.05) is 6.92 Å². The van der Waals surface area contributed by atoms with Gasteiger partial charge >= 0.3 is 0 Å². The van der Waals surface area contributed by atoms with Crippen LogP contribution in [-0.4, -0.2) is 35.7 Å². The average Bonchev–Trinajstić information content (AvgIpc) is 2.44. The zero-order valence-electron chi connectivity index (χ0n) is 11.6. The molecule has 0 unspecified atom stereocenters. The van der Waals surface area contributed by atoms with E-state index in [-0.39, 0.29) is 23.7 Å². The van der Waals surface area contributed by atoms with E-state index in [9.17, 15) is 16.8 Å². The van der Waals surface area contributed by atoms with Crippen LogP contribution in [0.25, 0.3) is 0 Å². The molecule has 0 atom stereocenters. The Morgan fingerprint density at radius 3 is 1.95 bits per heavy atom. The molecule has 0 fully saturated rings. The minimum absolute atomic E-state index is 0.0110. The van der Waals surface area contributed by atoms with Crippen LogP contribution < -0.4 is 9.44 Å². The number of hydrogen-bond acceptors (Lipinski definition) is 4. The van der Waals surface area contributed by atoms with Gasteiger partial charge in [-0.2, -0.15) is 0 Å². The Balaban J connectivity index is 2.57. The maximum atomic E-state index is 11.9. The quantitative estimate of drug-likeness (QED) is 0.681. The molecule has 0 aromatic heterocycles. The van der Waals surface area contributed by atoms with Crippen LogP contribution in [0.3, 0.4) is 0 Å². The summed E-state index contributed by atoms with van der Waals surface area (Å²) in [5, 5.41) is 0. The second-order valence-corrected chi connectivity index (χ2v) is 8.06. The van der Waals surface area contributed by atoms with Crippen molar-refractivity contribution in [2.45, 2.75) is 25.2 Å². The van der Waals surface area contributed by atoms with Crippen molar-refractivity contribution < 1.29 is 16.8 Å². The molecule has 1 aromatic rings. The topological polar surface area (TPSA) is 92.3 Å². The highest BCUT2D eigenvalue weighted by molar-refractivity contribution is 7.89. The predicted octanol–water partition coefficient (Wildman–Crippen LogP) is 0.467. The molecule has 0 heterocycles. The standard InChI is InChI=1S/C12H20N2O4S2/c1-3-11-5-7-12(8-6-11)20(17,18)14-10-9-13-19(15,16)4-2/h5-8,13-14H,3-4,9-10H2,1-2H3. The van der Waals surface area contributed by atoms with Gasteiger partial charge in [0.1, 0.15) is 0 Å². The molecule has 1 rings (SSSR count). The van der Waals surface area contributed by atoms with E-state index in [0.717, 1.165) is 12.0 Å². The lowest BCUT2D eigenvalue weighted by molar-refractivity contribution is 0.571. The zero-order chi connectivity index (χ0) is 15.2.